The lowest BCUT2D eigenvalue weighted by Gasteiger charge is -2.07. The predicted octanol–water partition coefficient (Wildman–Crippen LogP) is 3.91. The van der Waals surface area contributed by atoms with Gasteiger partial charge in [0.05, 0.1) is 12.3 Å². The highest BCUT2D eigenvalue weighted by Gasteiger charge is 2.11. The Morgan fingerprint density at radius 1 is 1.12 bits per heavy atom. The summed E-state index contributed by atoms with van der Waals surface area (Å²) in [5.74, 6) is 2.21. The highest BCUT2D eigenvalue weighted by atomic mass is 16.5. The molecule has 26 heavy (non-hydrogen) atoms. The summed E-state index contributed by atoms with van der Waals surface area (Å²) < 4.78 is 11.6. The molecule has 0 unspecified atom stereocenters. The topological polar surface area (TPSA) is 64.4 Å². The highest BCUT2D eigenvalue weighted by Crippen LogP contribution is 2.22. The van der Waals surface area contributed by atoms with Crippen LogP contribution in [0.1, 0.15) is 23.9 Å². The molecule has 1 N–H and O–H groups in total. The quantitative estimate of drug-likeness (QED) is 0.702. The second-order valence-electron chi connectivity index (χ2n) is 6.04. The van der Waals surface area contributed by atoms with Gasteiger partial charge in [0.25, 0.3) is 0 Å². The third kappa shape index (κ3) is 4.72. The molecule has 0 saturated carbocycles. The van der Waals surface area contributed by atoms with Crippen molar-refractivity contribution in [1.29, 1.82) is 0 Å². The lowest BCUT2D eigenvalue weighted by atomic mass is 10.2. The molecule has 0 atom stereocenters. The first kappa shape index (κ1) is 17.7. The van der Waals surface area contributed by atoms with Gasteiger partial charge in [0.2, 0.25) is 11.8 Å². The minimum atomic E-state index is -0.0387. The van der Waals surface area contributed by atoms with Crippen molar-refractivity contribution in [1.82, 2.24) is 10.3 Å². The second kappa shape index (κ2) is 8.34. The number of oxazole rings is 1. The Balaban J connectivity index is 1.53. The van der Waals surface area contributed by atoms with Gasteiger partial charge in [0.15, 0.2) is 0 Å². The fraction of sp³-hybridized carbons (Fsp3) is 0.238. The van der Waals surface area contributed by atoms with Gasteiger partial charge in [-0.2, -0.15) is 0 Å². The van der Waals surface area contributed by atoms with Gasteiger partial charge >= 0.3 is 0 Å². The van der Waals surface area contributed by atoms with Crippen LogP contribution in [0.5, 0.6) is 5.75 Å². The first-order chi connectivity index (χ1) is 12.6. The number of hydrogen-bond acceptors (Lipinski definition) is 4. The van der Waals surface area contributed by atoms with Crippen LogP contribution < -0.4 is 10.1 Å². The Labute approximate surface area is 153 Å². The van der Waals surface area contributed by atoms with Gasteiger partial charge in [-0.05, 0) is 36.8 Å². The van der Waals surface area contributed by atoms with E-state index in [1.54, 1.807) is 0 Å². The maximum Gasteiger partial charge on any atom is 0.226 e. The molecule has 0 aliphatic rings. The van der Waals surface area contributed by atoms with Crippen LogP contribution in [0.2, 0.25) is 0 Å². The summed E-state index contributed by atoms with van der Waals surface area (Å²) >= 11 is 0. The van der Waals surface area contributed by atoms with Crippen LogP contribution in [-0.4, -0.2) is 17.5 Å². The molecular weight excluding hydrogens is 328 g/mol. The molecular formula is C21H22N2O3. The molecule has 1 amide bonds. The standard InChI is InChI=1S/C21H22N2O3/c1-15-20(23-21(26-15)18-6-4-3-5-7-18)12-13-25-19-10-8-17(9-11-19)14-22-16(2)24/h3-11H,12-14H2,1-2H3,(H,22,24). The molecule has 5 heteroatoms. The minimum absolute atomic E-state index is 0.0387. The lowest BCUT2D eigenvalue weighted by Crippen LogP contribution is -2.18. The smallest absolute Gasteiger partial charge is 0.226 e. The van der Waals surface area contributed by atoms with Gasteiger partial charge < -0.3 is 14.5 Å². The van der Waals surface area contributed by atoms with Crippen molar-refractivity contribution >= 4 is 5.91 Å². The summed E-state index contributed by atoms with van der Waals surface area (Å²) in [6.07, 6.45) is 0.676. The number of carbonyl (C=O) groups excluding carboxylic acids is 1. The second-order valence-corrected chi connectivity index (χ2v) is 6.04. The van der Waals surface area contributed by atoms with Gasteiger partial charge in [-0.25, -0.2) is 4.98 Å². The Bertz CT molecular complexity index is 855. The van der Waals surface area contributed by atoms with Crippen LogP contribution in [0.4, 0.5) is 0 Å². The minimum Gasteiger partial charge on any atom is -0.493 e. The van der Waals surface area contributed by atoms with Crippen LogP contribution >= 0.6 is 0 Å². The van der Waals surface area contributed by atoms with Crippen molar-refractivity contribution in [2.45, 2.75) is 26.8 Å². The van der Waals surface area contributed by atoms with E-state index in [9.17, 15) is 4.79 Å². The number of carbonyl (C=O) groups is 1. The Morgan fingerprint density at radius 3 is 2.54 bits per heavy atom. The van der Waals surface area contributed by atoms with Crippen LogP contribution in [0, 0.1) is 6.92 Å². The molecule has 2 aromatic carbocycles. The summed E-state index contributed by atoms with van der Waals surface area (Å²) in [5.41, 5.74) is 2.91. The summed E-state index contributed by atoms with van der Waals surface area (Å²) in [6, 6.07) is 17.6. The normalized spacial score (nSPS) is 10.5. The largest absolute Gasteiger partial charge is 0.493 e. The van der Waals surface area contributed by atoms with Crippen LogP contribution in [0.25, 0.3) is 11.5 Å². The first-order valence-corrected chi connectivity index (χ1v) is 8.60. The Morgan fingerprint density at radius 2 is 1.85 bits per heavy atom. The molecule has 0 radical (unpaired) electrons. The molecule has 0 saturated heterocycles. The maximum absolute atomic E-state index is 10.9. The Hall–Kier alpha value is -3.08. The fourth-order valence-corrected chi connectivity index (χ4v) is 2.56. The molecule has 134 valence electrons. The summed E-state index contributed by atoms with van der Waals surface area (Å²) in [4.78, 5) is 15.5. The molecule has 0 fully saturated rings. The van der Waals surface area contributed by atoms with E-state index in [4.69, 9.17) is 9.15 Å². The summed E-state index contributed by atoms with van der Waals surface area (Å²) in [6.45, 7) is 4.47. The third-order valence-corrected chi connectivity index (χ3v) is 3.99. The van der Waals surface area contributed by atoms with E-state index < -0.39 is 0 Å². The van der Waals surface area contributed by atoms with Gasteiger partial charge in [-0.15, -0.1) is 0 Å². The highest BCUT2D eigenvalue weighted by molar-refractivity contribution is 5.72. The third-order valence-electron chi connectivity index (χ3n) is 3.99. The number of nitrogens with zero attached hydrogens (tertiary/aromatic N) is 1. The monoisotopic (exact) mass is 350 g/mol. The van der Waals surface area contributed by atoms with Gasteiger partial charge in [-0.1, -0.05) is 30.3 Å². The number of amides is 1. The van der Waals surface area contributed by atoms with Crippen molar-refractivity contribution in [3.63, 3.8) is 0 Å². The number of rotatable bonds is 7. The number of hydrogen-bond donors (Lipinski definition) is 1. The number of aryl methyl sites for hydroxylation is 1. The van der Waals surface area contributed by atoms with E-state index in [2.05, 4.69) is 10.3 Å². The van der Waals surface area contributed by atoms with E-state index in [1.165, 1.54) is 6.92 Å². The molecule has 1 heterocycles. The zero-order chi connectivity index (χ0) is 18.4. The molecule has 3 aromatic rings. The van der Waals surface area contributed by atoms with E-state index in [0.29, 0.717) is 25.5 Å². The molecule has 3 rings (SSSR count). The van der Waals surface area contributed by atoms with Crippen LogP contribution in [0.3, 0.4) is 0 Å². The molecule has 0 bridgehead atoms. The van der Waals surface area contributed by atoms with Crippen molar-refractivity contribution in [3.8, 4) is 17.2 Å². The average Bonchev–Trinajstić information content (AvgIpc) is 3.03. The van der Waals surface area contributed by atoms with Crippen molar-refractivity contribution < 1.29 is 13.9 Å². The van der Waals surface area contributed by atoms with Gasteiger partial charge in [0.1, 0.15) is 11.5 Å². The fourth-order valence-electron chi connectivity index (χ4n) is 2.56. The summed E-state index contributed by atoms with van der Waals surface area (Å²) in [5, 5.41) is 2.77. The molecule has 0 aliphatic carbocycles. The van der Waals surface area contributed by atoms with Crippen molar-refractivity contribution in [3.05, 3.63) is 71.6 Å². The van der Waals surface area contributed by atoms with E-state index in [0.717, 1.165) is 28.3 Å². The molecule has 0 aliphatic heterocycles. The molecule has 1 aromatic heterocycles. The SMILES string of the molecule is CC(=O)NCc1ccc(OCCc2nc(-c3ccccc3)oc2C)cc1. The summed E-state index contributed by atoms with van der Waals surface area (Å²) in [7, 11) is 0. The maximum atomic E-state index is 10.9. The van der Waals surface area contributed by atoms with E-state index >= 15 is 0 Å². The number of benzene rings is 2. The number of aromatic nitrogens is 1. The first-order valence-electron chi connectivity index (χ1n) is 8.60. The Kier molecular flexibility index (Phi) is 5.69. The van der Waals surface area contributed by atoms with E-state index in [1.807, 2.05) is 61.5 Å². The zero-order valence-corrected chi connectivity index (χ0v) is 15.0. The van der Waals surface area contributed by atoms with E-state index in [-0.39, 0.29) is 5.91 Å². The lowest BCUT2D eigenvalue weighted by molar-refractivity contribution is -0.119. The van der Waals surface area contributed by atoms with Crippen LogP contribution in [-0.2, 0) is 17.8 Å². The van der Waals surface area contributed by atoms with Crippen molar-refractivity contribution in [2.75, 3.05) is 6.61 Å². The van der Waals surface area contributed by atoms with Crippen LogP contribution in [0.15, 0.2) is 59.0 Å². The van der Waals surface area contributed by atoms with Gasteiger partial charge in [-0.3, -0.25) is 4.79 Å². The average molecular weight is 350 g/mol. The van der Waals surface area contributed by atoms with Crippen molar-refractivity contribution in [2.24, 2.45) is 0 Å². The molecule has 5 nitrogen and oxygen atoms in total. The number of nitrogens with one attached hydrogen (secondary N) is 1. The number of ether oxygens (including phenoxy) is 1. The molecule has 0 spiro atoms. The predicted molar refractivity (Wildman–Crippen MR) is 99.8 cm³/mol. The van der Waals surface area contributed by atoms with Gasteiger partial charge in [0, 0.05) is 25.5 Å². The zero-order valence-electron chi connectivity index (χ0n) is 15.0.